The molecule has 3 nitrogen and oxygen atoms in total. The Labute approximate surface area is 68.6 Å². The molecule has 0 aliphatic rings. The van der Waals surface area contributed by atoms with E-state index in [1.807, 2.05) is 5.38 Å². The Morgan fingerprint density at radius 1 is 1.82 bits per heavy atom. The number of hydrogen-bond acceptors (Lipinski definition) is 3. The minimum Gasteiger partial charge on any atom is -0.369 e. The molecule has 1 amide bonds. The van der Waals surface area contributed by atoms with Gasteiger partial charge in [-0.3, -0.25) is 4.79 Å². The van der Waals surface area contributed by atoms with E-state index in [1.54, 1.807) is 17.7 Å². The van der Waals surface area contributed by atoms with E-state index in [1.165, 1.54) is 11.3 Å². The van der Waals surface area contributed by atoms with Crippen molar-refractivity contribution in [1.29, 1.82) is 0 Å². The van der Waals surface area contributed by atoms with Crippen LogP contribution in [0.2, 0.25) is 0 Å². The first-order valence-corrected chi connectivity index (χ1v) is 4.06. The predicted molar refractivity (Wildman–Crippen MR) is 45.0 cm³/mol. The number of hydrogen-bond donors (Lipinski definition) is 1. The first-order valence-electron chi connectivity index (χ1n) is 3.12. The molecule has 4 heteroatoms. The Morgan fingerprint density at radius 3 is 3.18 bits per heavy atom. The summed E-state index contributed by atoms with van der Waals surface area (Å²) in [6, 6.07) is 0. The third-order valence-electron chi connectivity index (χ3n) is 1.06. The van der Waals surface area contributed by atoms with Crippen LogP contribution in [0.4, 0.5) is 0 Å². The largest absolute Gasteiger partial charge is 0.369 e. The third-order valence-corrected chi connectivity index (χ3v) is 1.66. The van der Waals surface area contributed by atoms with Crippen molar-refractivity contribution in [2.75, 3.05) is 0 Å². The van der Waals surface area contributed by atoms with Gasteiger partial charge in [0, 0.05) is 11.8 Å². The molecule has 0 fully saturated rings. The molecule has 0 saturated heterocycles. The maximum absolute atomic E-state index is 10.3. The van der Waals surface area contributed by atoms with Crippen LogP contribution < -0.4 is 5.73 Å². The van der Waals surface area contributed by atoms with E-state index in [0.29, 0.717) is 0 Å². The highest BCUT2D eigenvalue weighted by Gasteiger charge is 1.88. The lowest BCUT2D eigenvalue weighted by Crippen LogP contribution is -2.07. The lowest BCUT2D eigenvalue weighted by atomic mass is 10.3. The number of nitrogens with zero attached hydrogens (tertiary/aromatic N) is 1. The summed E-state index contributed by atoms with van der Waals surface area (Å²) >= 11 is 1.52. The number of carbonyl (C=O) groups excluding carboxylic acids is 1. The summed E-state index contributed by atoms with van der Waals surface area (Å²) < 4.78 is 0. The zero-order valence-corrected chi connectivity index (χ0v) is 6.67. The molecule has 0 aromatic carbocycles. The second-order valence-corrected chi connectivity index (χ2v) is 2.70. The van der Waals surface area contributed by atoms with E-state index in [-0.39, 0.29) is 12.3 Å². The van der Waals surface area contributed by atoms with Gasteiger partial charge in [-0.25, -0.2) is 4.98 Å². The van der Waals surface area contributed by atoms with Crippen molar-refractivity contribution in [3.63, 3.8) is 0 Å². The van der Waals surface area contributed by atoms with E-state index in [2.05, 4.69) is 4.98 Å². The molecule has 0 aliphatic heterocycles. The van der Waals surface area contributed by atoms with Gasteiger partial charge in [-0.05, 0) is 6.08 Å². The first-order chi connectivity index (χ1) is 5.29. The van der Waals surface area contributed by atoms with Gasteiger partial charge in [0.15, 0.2) is 0 Å². The number of thiazole rings is 1. The molecule has 11 heavy (non-hydrogen) atoms. The molecule has 1 aromatic rings. The van der Waals surface area contributed by atoms with E-state index in [4.69, 9.17) is 5.73 Å². The standard InChI is InChI=1S/C7H8N2OS/c8-7(10)3-1-2-6-4-11-5-9-6/h1-2,4-5H,3H2,(H2,8,10). The van der Waals surface area contributed by atoms with E-state index >= 15 is 0 Å². The van der Waals surface area contributed by atoms with Crippen LogP contribution in [-0.2, 0) is 4.79 Å². The highest BCUT2D eigenvalue weighted by molar-refractivity contribution is 7.07. The molecule has 1 heterocycles. The Morgan fingerprint density at radius 2 is 2.64 bits per heavy atom. The zero-order valence-electron chi connectivity index (χ0n) is 5.86. The van der Waals surface area contributed by atoms with Gasteiger partial charge >= 0.3 is 0 Å². The van der Waals surface area contributed by atoms with Crippen LogP contribution in [0.25, 0.3) is 6.08 Å². The summed E-state index contributed by atoms with van der Waals surface area (Å²) in [6.07, 6.45) is 3.76. The average molecular weight is 168 g/mol. The summed E-state index contributed by atoms with van der Waals surface area (Å²) in [5.74, 6) is -0.323. The van der Waals surface area contributed by atoms with Gasteiger partial charge in [-0.2, -0.15) is 0 Å². The second kappa shape index (κ2) is 3.88. The predicted octanol–water partition coefficient (Wildman–Crippen LogP) is 1.03. The molecule has 1 aromatic heterocycles. The maximum atomic E-state index is 10.3. The third kappa shape index (κ3) is 2.95. The van der Waals surface area contributed by atoms with Crippen molar-refractivity contribution in [2.45, 2.75) is 6.42 Å². The van der Waals surface area contributed by atoms with Gasteiger partial charge in [0.1, 0.15) is 0 Å². The van der Waals surface area contributed by atoms with Gasteiger partial charge < -0.3 is 5.73 Å². The number of primary amides is 1. The van der Waals surface area contributed by atoms with Gasteiger partial charge in [0.05, 0.1) is 11.2 Å². The van der Waals surface area contributed by atoms with Crippen molar-refractivity contribution in [3.8, 4) is 0 Å². The zero-order chi connectivity index (χ0) is 8.10. The minimum absolute atomic E-state index is 0.275. The molecule has 0 unspecified atom stereocenters. The lowest BCUT2D eigenvalue weighted by Gasteiger charge is -1.83. The fourth-order valence-corrected chi connectivity index (χ4v) is 1.12. The Bertz CT molecular complexity index is 253. The Kier molecular flexibility index (Phi) is 2.80. The normalized spacial score (nSPS) is 10.5. The summed E-state index contributed by atoms with van der Waals surface area (Å²) in [5.41, 5.74) is 7.54. The van der Waals surface area contributed by atoms with E-state index < -0.39 is 0 Å². The van der Waals surface area contributed by atoms with Crippen LogP contribution in [0.5, 0.6) is 0 Å². The molecule has 1 rings (SSSR count). The number of rotatable bonds is 3. The molecule has 0 atom stereocenters. The molecule has 0 radical (unpaired) electrons. The molecular formula is C7H8N2OS. The highest BCUT2D eigenvalue weighted by Crippen LogP contribution is 2.02. The van der Waals surface area contributed by atoms with Crippen LogP contribution in [0.1, 0.15) is 12.1 Å². The van der Waals surface area contributed by atoms with Gasteiger partial charge in [0.2, 0.25) is 5.91 Å². The Hall–Kier alpha value is -1.16. The second-order valence-electron chi connectivity index (χ2n) is 1.99. The SMILES string of the molecule is NC(=O)CC=Cc1cscn1. The quantitative estimate of drug-likeness (QED) is 0.732. The van der Waals surface area contributed by atoms with Crippen LogP contribution in [0.3, 0.4) is 0 Å². The fraction of sp³-hybridized carbons (Fsp3) is 0.143. The molecule has 2 N–H and O–H groups in total. The van der Waals surface area contributed by atoms with E-state index in [0.717, 1.165) is 5.69 Å². The molecule has 0 aliphatic carbocycles. The number of aromatic nitrogens is 1. The van der Waals surface area contributed by atoms with Crippen molar-refractivity contribution < 1.29 is 4.79 Å². The summed E-state index contributed by atoms with van der Waals surface area (Å²) in [4.78, 5) is 14.3. The van der Waals surface area contributed by atoms with Crippen molar-refractivity contribution in [2.24, 2.45) is 5.73 Å². The summed E-state index contributed by atoms with van der Waals surface area (Å²) in [7, 11) is 0. The van der Waals surface area contributed by atoms with Gasteiger partial charge in [0.25, 0.3) is 0 Å². The Balaban J connectivity index is 2.43. The summed E-state index contributed by atoms with van der Waals surface area (Å²) in [6.45, 7) is 0. The molecule has 0 bridgehead atoms. The van der Waals surface area contributed by atoms with Gasteiger partial charge in [-0.15, -0.1) is 11.3 Å². The maximum Gasteiger partial charge on any atom is 0.221 e. The van der Waals surface area contributed by atoms with Crippen molar-refractivity contribution in [1.82, 2.24) is 4.98 Å². The monoisotopic (exact) mass is 168 g/mol. The van der Waals surface area contributed by atoms with Crippen LogP contribution in [-0.4, -0.2) is 10.9 Å². The first kappa shape index (κ1) is 7.94. The van der Waals surface area contributed by atoms with Crippen LogP contribution >= 0.6 is 11.3 Å². The smallest absolute Gasteiger partial charge is 0.221 e. The van der Waals surface area contributed by atoms with Crippen molar-refractivity contribution in [3.05, 3.63) is 22.7 Å². The van der Waals surface area contributed by atoms with Gasteiger partial charge in [-0.1, -0.05) is 6.08 Å². The number of nitrogens with two attached hydrogens (primary N) is 1. The topological polar surface area (TPSA) is 56.0 Å². The molecule has 0 spiro atoms. The average Bonchev–Trinajstić information content (AvgIpc) is 2.39. The van der Waals surface area contributed by atoms with E-state index in [9.17, 15) is 4.79 Å². The molecule has 0 saturated carbocycles. The fourth-order valence-electron chi connectivity index (χ4n) is 0.600. The lowest BCUT2D eigenvalue weighted by molar-refractivity contribution is -0.117. The van der Waals surface area contributed by atoms with Crippen molar-refractivity contribution >= 4 is 23.3 Å². The number of carbonyl (C=O) groups is 1. The minimum atomic E-state index is -0.323. The molecule has 58 valence electrons. The van der Waals surface area contributed by atoms with Crippen LogP contribution in [0.15, 0.2) is 17.0 Å². The van der Waals surface area contributed by atoms with Crippen LogP contribution in [0, 0.1) is 0 Å². The molecular weight excluding hydrogens is 160 g/mol. The highest BCUT2D eigenvalue weighted by atomic mass is 32.1. The summed E-state index contributed by atoms with van der Waals surface area (Å²) in [5, 5.41) is 1.90. The number of amides is 1.